The molecule has 1 aliphatic carbocycles. The molecule has 1 aromatic rings. The topological polar surface area (TPSA) is 86.6 Å². The van der Waals surface area contributed by atoms with Gasteiger partial charge in [-0.15, -0.1) is 0 Å². The predicted octanol–water partition coefficient (Wildman–Crippen LogP) is 1.50. The minimum Gasteiger partial charge on any atom is -0.394 e. The highest BCUT2D eigenvalue weighted by atomic mass is 16.7. The third-order valence-electron chi connectivity index (χ3n) is 7.50. The van der Waals surface area contributed by atoms with Crippen LogP contribution in [0.2, 0.25) is 0 Å². The van der Waals surface area contributed by atoms with Crippen molar-refractivity contribution in [3.8, 4) is 0 Å². The molecule has 4 rings (SSSR count). The highest BCUT2D eigenvalue weighted by molar-refractivity contribution is 5.25. The molecule has 1 saturated carbocycles. The Labute approximate surface area is 171 Å². The number of hydrogen-bond acceptors (Lipinski definition) is 7. The van der Waals surface area contributed by atoms with Crippen LogP contribution in [-0.2, 0) is 30.3 Å². The number of fused-ring (bicyclic) bond motifs is 1. The number of aliphatic hydroxyl groups excluding tert-OH is 2. The Balaban J connectivity index is 1.71. The molecule has 8 atom stereocenters. The highest BCUT2D eigenvalue weighted by Crippen LogP contribution is 2.64. The van der Waals surface area contributed by atoms with Gasteiger partial charge in [0.1, 0.15) is 6.10 Å². The van der Waals surface area contributed by atoms with Crippen LogP contribution < -0.4 is 0 Å². The standard InChI is InChI=1S/C22H32O7/c1-20(25-3)17-16(11-23)29-22(10-15(24)13-28-22)19(18(17)21(20,2)26-4)27-12-14-8-6-5-7-9-14/h5-9,15-19,23-24H,10-13H2,1-4H3/t15-,16+,17-,18+,19-,20?,21?,22-/m1/s1. The quantitative estimate of drug-likeness (QED) is 0.738. The molecule has 2 N–H and O–H groups in total. The zero-order valence-corrected chi connectivity index (χ0v) is 17.5. The molecule has 0 radical (unpaired) electrons. The van der Waals surface area contributed by atoms with Gasteiger partial charge in [0.15, 0.2) is 5.79 Å². The van der Waals surface area contributed by atoms with Gasteiger partial charge < -0.3 is 33.9 Å². The smallest absolute Gasteiger partial charge is 0.198 e. The van der Waals surface area contributed by atoms with E-state index >= 15 is 0 Å². The second-order valence-corrected chi connectivity index (χ2v) is 8.71. The molecule has 29 heavy (non-hydrogen) atoms. The monoisotopic (exact) mass is 408 g/mol. The van der Waals surface area contributed by atoms with Crippen molar-refractivity contribution in [1.82, 2.24) is 0 Å². The highest BCUT2D eigenvalue weighted by Gasteiger charge is 2.78. The van der Waals surface area contributed by atoms with Crippen LogP contribution in [0.25, 0.3) is 0 Å². The van der Waals surface area contributed by atoms with Crippen LogP contribution in [0.5, 0.6) is 0 Å². The third-order valence-corrected chi connectivity index (χ3v) is 7.50. The summed E-state index contributed by atoms with van der Waals surface area (Å²) >= 11 is 0. The van der Waals surface area contributed by atoms with Gasteiger partial charge in [0, 0.05) is 32.5 Å². The first-order valence-corrected chi connectivity index (χ1v) is 10.2. The molecule has 2 unspecified atom stereocenters. The third kappa shape index (κ3) is 2.98. The van der Waals surface area contributed by atoms with E-state index in [1.807, 2.05) is 44.2 Å². The maximum atomic E-state index is 10.2. The Kier molecular flexibility index (Phi) is 5.53. The fraction of sp³-hybridized carbons (Fsp3) is 0.727. The molecular formula is C22H32O7. The second kappa shape index (κ2) is 7.57. The molecule has 2 heterocycles. The Bertz CT molecular complexity index is 714. The van der Waals surface area contributed by atoms with Crippen molar-refractivity contribution in [3.05, 3.63) is 35.9 Å². The fourth-order valence-electron chi connectivity index (χ4n) is 5.77. The molecule has 7 heteroatoms. The molecule has 1 aromatic carbocycles. The fourth-order valence-corrected chi connectivity index (χ4v) is 5.77. The Morgan fingerprint density at radius 2 is 1.72 bits per heavy atom. The van der Waals surface area contributed by atoms with Gasteiger partial charge in [0.05, 0.1) is 43.2 Å². The van der Waals surface area contributed by atoms with Crippen molar-refractivity contribution in [2.45, 2.75) is 62.2 Å². The zero-order chi connectivity index (χ0) is 20.9. The van der Waals surface area contributed by atoms with Crippen LogP contribution in [0, 0.1) is 11.8 Å². The summed E-state index contributed by atoms with van der Waals surface area (Å²) in [6.07, 6.45) is -1.34. The molecule has 0 bridgehead atoms. The van der Waals surface area contributed by atoms with Crippen LogP contribution in [0.4, 0.5) is 0 Å². The molecule has 2 saturated heterocycles. The molecule has 1 spiro atoms. The molecule has 162 valence electrons. The number of aliphatic hydroxyl groups is 2. The molecule has 0 amide bonds. The van der Waals surface area contributed by atoms with Crippen LogP contribution in [0.1, 0.15) is 25.8 Å². The molecule has 0 aromatic heterocycles. The molecule has 7 nitrogen and oxygen atoms in total. The van der Waals surface area contributed by atoms with Crippen molar-refractivity contribution < 1.29 is 33.9 Å². The second-order valence-electron chi connectivity index (χ2n) is 8.71. The maximum absolute atomic E-state index is 10.2. The van der Waals surface area contributed by atoms with E-state index in [1.54, 1.807) is 14.2 Å². The number of benzene rings is 1. The number of hydrogen-bond donors (Lipinski definition) is 2. The first kappa shape index (κ1) is 21.2. The van der Waals surface area contributed by atoms with Crippen LogP contribution in [0.15, 0.2) is 30.3 Å². The summed E-state index contributed by atoms with van der Waals surface area (Å²) < 4.78 is 30.7. The van der Waals surface area contributed by atoms with E-state index in [-0.39, 0.29) is 31.5 Å². The summed E-state index contributed by atoms with van der Waals surface area (Å²) in [5.41, 5.74) is -0.294. The van der Waals surface area contributed by atoms with E-state index < -0.39 is 35.3 Å². The van der Waals surface area contributed by atoms with Crippen molar-refractivity contribution in [2.24, 2.45) is 11.8 Å². The van der Waals surface area contributed by atoms with Gasteiger partial charge in [-0.05, 0) is 19.4 Å². The largest absolute Gasteiger partial charge is 0.394 e. The van der Waals surface area contributed by atoms with Crippen LogP contribution >= 0.6 is 0 Å². The summed E-state index contributed by atoms with van der Waals surface area (Å²) in [5.74, 6) is -1.41. The lowest BCUT2D eigenvalue weighted by molar-refractivity contribution is -0.434. The van der Waals surface area contributed by atoms with E-state index in [0.29, 0.717) is 6.61 Å². The summed E-state index contributed by atoms with van der Waals surface area (Å²) in [4.78, 5) is 0. The van der Waals surface area contributed by atoms with E-state index in [0.717, 1.165) is 5.56 Å². The van der Waals surface area contributed by atoms with Gasteiger partial charge in [-0.1, -0.05) is 30.3 Å². The summed E-state index contributed by atoms with van der Waals surface area (Å²) in [6.45, 7) is 4.38. The molecule has 2 aliphatic heterocycles. The van der Waals surface area contributed by atoms with E-state index in [9.17, 15) is 10.2 Å². The van der Waals surface area contributed by atoms with Crippen molar-refractivity contribution >= 4 is 0 Å². The Morgan fingerprint density at radius 3 is 2.28 bits per heavy atom. The van der Waals surface area contributed by atoms with Crippen molar-refractivity contribution in [2.75, 3.05) is 27.4 Å². The van der Waals surface area contributed by atoms with E-state index in [1.165, 1.54) is 0 Å². The van der Waals surface area contributed by atoms with Crippen LogP contribution in [-0.4, -0.2) is 72.9 Å². The van der Waals surface area contributed by atoms with Gasteiger partial charge >= 0.3 is 0 Å². The Morgan fingerprint density at radius 1 is 1.07 bits per heavy atom. The summed E-state index contributed by atoms with van der Waals surface area (Å²) in [5, 5.41) is 20.3. The average Bonchev–Trinajstić information content (AvgIpc) is 3.12. The minimum atomic E-state index is -1.13. The van der Waals surface area contributed by atoms with Gasteiger partial charge in [-0.2, -0.15) is 0 Å². The number of rotatable bonds is 6. The van der Waals surface area contributed by atoms with Gasteiger partial charge in [0.25, 0.3) is 0 Å². The van der Waals surface area contributed by atoms with E-state index in [4.69, 9.17) is 23.7 Å². The van der Waals surface area contributed by atoms with Gasteiger partial charge in [-0.3, -0.25) is 0 Å². The van der Waals surface area contributed by atoms with Crippen molar-refractivity contribution in [1.29, 1.82) is 0 Å². The summed E-state index contributed by atoms with van der Waals surface area (Å²) in [6, 6.07) is 9.91. The minimum absolute atomic E-state index is 0.141. The zero-order valence-electron chi connectivity index (χ0n) is 17.5. The lowest BCUT2D eigenvalue weighted by Gasteiger charge is -2.71. The SMILES string of the molecule is COC1(C)[C@H]2[C@@H]([C@@H](OCc3ccccc3)[C@@]3(C[C@@H](O)CO3)O[C@H]2CO)C1(C)OC. The predicted molar refractivity (Wildman–Crippen MR) is 104 cm³/mol. The van der Waals surface area contributed by atoms with E-state index in [2.05, 4.69) is 0 Å². The first-order valence-electron chi connectivity index (χ1n) is 10.2. The maximum Gasteiger partial charge on any atom is 0.198 e. The lowest BCUT2D eigenvalue weighted by Crippen LogP contribution is -2.84. The average molecular weight is 408 g/mol. The molecule has 3 fully saturated rings. The lowest BCUT2D eigenvalue weighted by atomic mass is 9.46. The molecule has 3 aliphatic rings. The Hall–Kier alpha value is -1.06. The normalized spacial score (nSPS) is 46.5. The summed E-state index contributed by atoms with van der Waals surface area (Å²) in [7, 11) is 3.32. The van der Waals surface area contributed by atoms with Crippen molar-refractivity contribution in [3.63, 3.8) is 0 Å². The van der Waals surface area contributed by atoms with Gasteiger partial charge in [-0.25, -0.2) is 0 Å². The number of ether oxygens (including phenoxy) is 5. The van der Waals surface area contributed by atoms with Gasteiger partial charge in [0.2, 0.25) is 0 Å². The van der Waals surface area contributed by atoms with Crippen LogP contribution in [0.3, 0.4) is 0 Å². The first-order chi connectivity index (χ1) is 13.8. The molecular weight excluding hydrogens is 376 g/mol. The number of methoxy groups -OCH3 is 2.